The van der Waals surface area contributed by atoms with Crippen molar-refractivity contribution >= 4 is 41.5 Å². The summed E-state index contributed by atoms with van der Waals surface area (Å²) in [4.78, 5) is 16.7. The van der Waals surface area contributed by atoms with Crippen LogP contribution in [0.1, 0.15) is 41.5 Å². The predicted molar refractivity (Wildman–Crippen MR) is 134 cm³/mol. The summed E-state index contributed by atoms with van der Waals surface area (Å²) in [6.07, 6.45) is 1.46. The minimum absolute atomic E-state index is 0. The molecule has 0 aliphatic rings. The van der Waals surface area contributed by atoms with E-state index in [-0.39, 0.29) is 42.2 Å². The second kappa shape index (κ2) is 11.7. The van der Waals surface area contributed by atoms with Crippen molar-refractivity contribution in [2.45, 2.75) is 32.9 Å². The molecule has 0 fully saturated rings. The highest BCUT2D eigenvalue weighted by atomic mass is 127. The van der Waals surface area contributed by atoms with Gasteiger partial charge in [0, 0.05) is 12.2 Å². The van der Waals surface area contributed by atoms with Crippen molar-refractivity contribution in [1.29, 1.82) is 0 Å². The summed E-state index contributed by atoms with van der Waals surface area (Å²) in [6, 6.07) is 14.3. The standard InChI is InChI=1S/C23H28N4O4.HI/c1-4-24-22(26-15-23(3,29)20-11-10-16(2)31-20)25-14-17-7-5-8-18(13-17)27-21(28)19-9-6-12-30-19;/h5-13,29H,4,14-15H2,1-3H3,(H,27,28)(H2,24,25,26);1H. The van der Waals surface area contributed by atoms with Gasteiger partial charge in [0.15, 0.2) is 11.7 Å². The van der Waals surface area contributed by atoms with E-state index in [2.05, 4.69) is 20.9 Å². The summed E-state index contributed by atoms with van der Waals surface area (Å²) in [5, 5.41) is 19.8. The average Bonchev–Trinajstić information content (AvgIpc) is 3.43. The number of carbonyl (C=O) groups is 1. The Kier molecular flexibility index (Phi) is 9.33. The van der Waals surface area contributed by atoms with Crippen LogP contribution in [0.15, 0.2) is 68.6 Å². The third-order valence-corrected chi connectivity index (χ3v) is 4.57. The first-order valence-electron chi connectivity index (χ1n) is 10.1. The Bertz CT molecular complexity index is 1030. The van der Waals surface area contributed by atoms with E-state index in [9.17, 15) is 9.90 Å². The molecule has 9 heteroatoms. The number of aryl methyl sites for hydroxylation is 1. The molecule has 8 nitrogen and oxygen atoms in total. The lowest BCUT2D eigenvalue weighted by Crippen LogP contribution is -2.44. The average molecular weight is 552 g/mol. The van der Waals surface area contributed by atoms with Crippen LogP contribution in [0.3, 0.4) is 0 Å². The molecule has 0 aliphatic carbocycles. The zero-order chi connectivity index (χ0) is 22.3. The quantitative estimate of drug-likeness (QED) is 0.191. The summed E-state index contributed by atoms with van der Waals surface area (Å²) in [6.45, 7) is 6.78. The Hall–Kier alpha value is -2.79. The lowest BCUT2D eigenvalue weighted by Gasteiger charge is -2.22. The summed E-state index contributed by atoms with van der Waals surface area (Å²) in [7, 11) is 0. The number of anilines is 1. The number of rotatable bonds is 8. The molecule has 1 atom stereocenters. The zero-order valence-corrected chi connectivity index (χ0v) is 20.7. The van der Waals surface area contributed by atoms with Crippen LogP contribution in [0.4, 0.5) is 5.69 Å². The molecule has 32 heavy (non-hydrogen) atoms. The van der Waals surface area contributed by atoms with Crippen molar-refractivity contribution in [3.63, 3.8) is 0 Å². The second-order valence-electron chi connectivity index (χ2n) is 7.36. The van der Waals surface area contributed by atoms with Crippen LogP contribution in [0.5, 0.6) is 0 Å². The van der Waals surface area contributed by atoms with Gasteiger partial charge in [-0.15, -0.1) is 24.0 Å². The van der Waals surface area contributed by atoms with Gasteiger partial charge in [0.2, 0.25) is 0 Å². The molecule has 172 valence electrons. The number of nitrogens with one attached hydrogen (secondary N) is 3. The van der Waals surface area contributed by atoms with E-state index in [1.807, 2.05) is 38.1 Å². The first-order valence-corrected chi connectivity index (χ1v) is 10.1. The van der Waals surface area contributed by atoms with Crippen molar-refractivity contribution in [3.8, 4) is 0 Å². The molecule has 0 bridgehead atoms. The zero-order valence-electron chi connectivity index (χ0n) is 18.3. The maximum atomic E-state index is 12.2. The van der Waals surface area contributed by atoms with Crippen LogP contribution in [0.25, 0.3) is 0 Å². The highest BCUT2D eigenvalue weighted by Crippen LogP contribution is 2.22. The molecular weight excluding hydrogens is 523 g/mol. The molecular formula is C23H29IN4O4. The summed E-state index contributed by atoms with van der Waals surface area (Å²) >= 11 is 0. The van der Waals surface area contributed by atoms with Crippen molar-refractivity contribution in [3.05, 3.63) is 77.6 Å². The van der Waals surface area contributed by atoms with Gasteiger partial charge in [-0.1, -0.05) is 12.1 Å². The molecule has 2 aromatic heterocycles. The highest BCUT2D eigenvalue weighted by molar-refractivity contribution is 14.0. The number of hydrogen-bond donors (Lipinski definition) is 4. The number of carbonyl (C=O) groups excluding carboxylic acids is 1. The number of halogens is 1. The third-order valence-electron chi connectivity index (χ3n) is 4.57. The summed E-state index contributed by atoms with van der Waals surface area (Å²) in [5.41, 5.74) is 0.395. The molecule has 0 spiro atoms. The molecule has 4 N–H and O–H groups in total. The van der Waals surface area contributed by atoms with Crippen molar-refractivity contribution in [1.82, 2.24) is 10.6 Å². The van der Waals surface area contributed by atoms with Crippen molar-refractivity contribution < 1.29 is 18.7 Å². The van der Waals surface area contributed by atoms with E-state index >= 15 is 0 Å². The number of hydrogen-bond acceptors (Lipinski definition) is 5. The van der Waals surface area contributed by atoms with Gasteiger partial charge in [0.25, 0.3) is 5.91 Å². The van der Waals surface area contributed by atoms with E-state index in [4.69, 9.17) is 8.83 Å². The second-order valence-corrected chi connectivity index (χ2v) is 7.36. The van der Waals surface area contributed by atoms with Gasteiger partial charge in [-0.05, 0) is 62.7 Å². The van der Waals surface area contributed by atoms with Crippen molar-refractivity contribution in [2.75, 3.05) is 18.4 Å². The SMILES string of the molecule is CCNC(=NCc1cccc(NC(=O)c2ccco2)c1)NCC(C)(O)c1ccc(C)o1.I. The van der Waals surface area contributed by atoms with E-state index in [1.165, 1.54) is 6.26 Å². The molecule has 1 amide bonds. The molecule has 0 radical (unpaired) electrons. The normalized spacial score (nSPS) is 13.1. The summed E-state index contributed by atoms with van der Waals surface area (Å²) in [5.74, 6) is 1.75. The van der Waals surface area contributed by atoms with Crippen LogP contribution in [-0.2, 0) is 12.1 Å². The van der Waals surface area contributed by atoms with Crippen LogP contribution >= 0.6 is 24.0 Å². The fourth-order valence-corrected chi connectivity index (χ4v) is 2.93. The van der Waals surface area contributed by atoms with E-state index in [0.29, 0.717) is 30.5 Å². The molecule has 0 aliphatic heterocycles. The minimum Gasteiger partial charge on any atom is -0.463 e. The number of benzene rings is 1. The van der Waals surface area contributed by atoms with E-state index < -0.39 is 5.60 Å². The van der Waals surface area contributed by atoms with Crippen LogP contribution in [0, 0.1) is 6.92 Å². The predicted octanol–water partition coefficient (Wildman–Crippen LogP) is 4.01. The van der Waals surface area contributed by atoms with Gasteiger partial charge >= 0.3 is 0 Å². The lowest BCUT2D eigenvalue weighted by atomic mass is 10.0. The lowest BCUT2D eigenvalue weighted by molar-refractivity contribution is 0.0378. The molecule has 2 heterocycles. The third kappa shape index (κ3) is 7.13. The van der Waals surface area contributed by atoms with Gasteiger partial charge in [0.05, 0.1) is 19.4 Å². The van der Waals surface area contributed by atoms with E-state index in [0.717, 1.165) is 11.3 Å². The Morgan fingerprint density at radius 3 is 2.62 bits per heavy atom. The fourth-order valence-electron chi connectivity index (χ4n) is 2.93. The van der Waals surface area contributed by atoms with Crippen molar-refractivity contribution in [2.24, 2.45) is 4.99 Å². The molecule has 1 aromatic carbocycles. The molecule has 3 rings (SSSR count). The van der Waals surface area contributed by atoms with Gasteiger partial charge in [-0.3, -0.25) is 4.79 Å². The van der Waals surface area contributed by atoms with Crippen LogP contribution in [-0.4, -0.2) is 30.1 Å². The Balaban J connectivity index is 0.00000363. The highest BCUT2D eigenvalue weighted by Gasteiger charge is 2.27. The minimum atomic E-state index is -1.18. The molecule has 3 aromatic rings. The molecule has 0 saturated carbocycles. The van der Waals surface area contributed by atoms with Gasteiger partial charge in [-0.25, -0.2) is 4.99 Å². The van der Waals surface area contributed by atoms with Crippen LogP contribution in [0.2, 0.25) is 0 Å². The number of amides is 1. The maximum absolute atomic E-state index is 12.2. The first-order chi connectivity index (χ1) is 14.9. The topological polar surface area (TPSA) is 112 Å². The molecule has 0 saturated heterocycles. The monoisotopic (exact) mass is 552 g/mol. The summed E-state index contributed by atoms with van der Waals surface area (Å²) < 4.78 is 10.7. The van der Waals surface area contributed by atoms with Gasteiger partial charge in [0.1, 0.15) is 17.1 Å². The number of aliphatic hydroxyl groups is 1. The number of furan rings is 2. The smallest absolute Gasteiger partial charge is 0.291 e. The van der Waals surface area contributed by atoms with E-state index in [1.54, 1.807) is 31.2 Å². The Morgan fingerprint density at radius 1 is 1.16 bits per heavy atom. The fraction of sp³-hybridized carbons (Fsp3) is 0.304. The molecule has 1 unspecified atom stereocenters. The largest absolute Gasteiger partial charge is 0.463 e. The number of nitrogens with zero attached hydrogens (tertiary/aromatic N) is 1. The maximum Gasteiger partial charge on any atom is 0.291 e. The van der Waals surface area contributed by atoms with Gasteiger partial charge in [-0.2, -0.15) is 0 Å². The van der Waals surface area contributed by atoms with Crippen LogP contribution < -0.4 is 16.0 Å². The first kappa shape index (κ1) is 25.5. The number of aliphatic imine (C=N–C) groups is 1. The van der Waals surface area contributed by atoms with Gasteiger partial charge < -0.3 is 29.9 Å². The Morgan fingerprint density at radius 2 is 1.97 bits per heavy atom. The number of guanidine groups is 1. The Labute approximate surface area is 204 Å².